The Morgan fingerprint density at radius 1 is 1.30 bits per heavy atom. The quantitative estimate of drug-likeness (QED) is 0.805. The van der Waals surface area contributed by atoms with Crippen molar-refractivity contribution >= 4 is 23.4 Å². The molecule has 20 heavy (non-hydrogen) atoms. The van der Waals surface area contributed by atoms with Gasteiger partial charge in [-0.3, -0.25) is 4.79 Å². The molecule has 0 radical (unpaired) electrons. The molecule has 1 saturated heterocycles. The van der Waals surface area contributed by atoms with E-state index in [2.05, 4.69) is 19.9 Å². The largest absolute Gasteiger partial charge is 0.348 e. The standard InChI is InChI=1S/C15H21NO3S/c1-11-9-14(12(2)20-11)16(10-17)13-3-5-15(6-4-13)18-7-8-19-15/h9-10,13H,3-8H2,1-2H3. The summed E-state index contributed by atoms with van der Waals surface area (Å²) in [4.78, 5) is 15.9. The van der Waals surface area contributed by atoms with Crippen LogP contribution in [0.15, 0.2) is 6.07 Å². The minimum absolute atomic E-state index is 0.263. The summed E-state index contributed by atoms with van der Waals surface area (Å²) in [5.41, 5.74) is 1.07. The first-order chi connectivity index (χ1) is 9.63. The van der Waals surface area contributed by atoms with Crippen LogP contribution in [0.5, 0.6) is 0 Å². The number of rotatable bonds is 3. The number of nitrogens with zero attached hydrogens (tertiary/aromatic N) is 1. The minimum Gasteiger partial charge on any atom is -0.348 e. The third-order valence-corrected chi connectivity index (χ3v) is 5.29. The number of carbonyl (C=O) groups is 1. The molecule has 2 heterocycles. The third-order valence-electron chi connectivity index (χ3n) is 4.33. The molecular weight excluding hydrogens is 274 g/mol. The number of amides is 1. The van der Waals surface area contributed by atoms with E-state index in [9.17, 15) is 4.79 Å². The zero-order valence-electron chi connectivity index (χ0n) is 12.1. The molecule has 4 nitrogen and oxygen atoms in total. The second kappa shape index (κ2) is 5.47. The summed E-state index contributed by atoms with van der Waals surface area (Å²) in [6, 6.07) is 2.38. The highest BCUT2D eigenvalue weighted by Gasteiger charge is 2.41. The van der Waals surface area contributed by atoms with Gasteiger partial charge in [-0.15, -0.1) is 11.3 Å². The van der Waals surface area contributed by atoms with E-state index in [1.165, 1.54) is 9.75 Å². The molecule has 2 fully saturated rings. The van der Waals surface area contributed by atoms with Gasteiger partial charge in [0.05, 0.1) is 18.9 Å². The number of ether oxygens (including phenoxy) is 2. The maximum atomic E-state index is 11.5. The van der Waals surface area contributed by atoms with Crippen LogP contribution in [-0.4, -0.2) is 31.5 Å². The summed E-state index contributed by atoms with van der Waals surface area (Å²) in [7, 11) is 0. The fraction of sp³-hybridized carbons (Fsp3) is 0.667. The molecule has 1 amide bonds. The molecule has 2 aliphatic rings. The highest BCUT2D eigenvalue weighted by molar-refractivity contribution is 7.12. The van der Waals surface area contributed by atoms with E-state index in [1.54, 1.807) is 11.3 Å². The van der Waals surface area contributed by atoms with Gasteiger partial charge in [-0.1, -0.05) is 0 Å². The van der Waals surface area contributed by atoms with Crippen molar-refractivity contribution < 1.29 is 14.3 Å². The first-order valence-corrected chi connectivity index (χ1v) is 8.04. The number of hydrogen-bond acceptors (Lipinski definition) is 4. The molecule has 0 unspecified atom stereocenters. The summed E-state index contributed by atoms with van der Waals surface area (Å²) < 4.78 is 11.5. The van der Waals surface area contributed by atoms with E-state index in [0.29, 0.717) is 13.2 Å². The number of aryl methyl sites for hydroxylation is 2. The Morgan fingerprint density at radius 2 is 1.95 bits per heavy atom. The van der Waals surface area contributed by atoms with Crippen molar-refractivity contribution in [2.75, 3.05) is 18.1 Å². The molecule has 1 aliphatic carbocycles. The van der Waals surface area contributed by atoms with Crippen molar-refractivity contribution in [3.63, 3.8) is 0 Å². The number of hydrogen-bond donors (Lipinski definition) is 0. The van der Waals surface area contributed by atoms with Crippen LogP contribution in [0.1, 0.15) is 35.4 Å². The fourth-order valence-corrected chi connectivity index (χ4v) is 4.24. The Kier molecular flexibility index (Phi) is 3.84. The Bertz CT molecular complexity index is 483. The van der Waals surface area contributed by atoms with Crippen molar-refractivity contribution in [3.8, 4) is 0 Å². The van der Waals surface area contributed by atoms with Crippen LogP contribution in [0.4, 0.5) is 5.69 Å². The van der Waals surface area contributed by atoms with E-state index in [4.69, 9.17) is 9.47 Å². The molecular formula is C15H21NO3S. The molecule has 0 atom stereocenters. The molecule has 3 rings (SSSR count). The Hall–Kier alpha value is -0.910. The average molecular weight is 295 g/mol. The first-order valence-electron chi connectivity index (χ1n) is 7.22. The predicted octanol–water partition coefficient (Wildman–Crippen LogP) is 3.01. The zero-order valence-corrected chi connectivity index (χ0v) is 12.9. The lowest BCUT2D eigenvalue weighted by atomic mass is 9.89. The van der Waals surface area contributed by atoms with Gasteiger partial charge in [-0.05, 0) is 32.8 Å². The molecule has 0 bridgehead atoms. The predicted molar refractivity (Wildman–Crippen MR) is 79.2 cm³/mol. The topological polar surface area (TPSA) is 38.8 Å². The van der Waals surface area contributed by atoms with Gasteiger partial charge < -0.3 is 14.4 Å². The Labute approximate surface area is 123 Å². The van der Waals surface area contributed by atoms with Gasteiger partial charge in [-0.25, -0.2) is 0 Å². The van der Waals surface area contributed by atoms with Gasteiger partial charge in [0.25, 0.3) is 0 Å². The molecule has 0 aromatic carbocycles. The van der Waals surface area contributed by atoms with E-state index >= 15 is 0 Å². The zero-order chi connectivity index (χ0) is 14.2. The monoisotopic (exact) mass is 295 g/mol. The van der Waals surface area contributed by atoms with Crippen molar-refractivity contribution in [3.05, 3.63) is 15.8 Å². The summed E-state index contributed by atoms with van der Waals surface area (Å²) in [5, 5.41) is 0. The maximum Gasteiger partial charge on any atom is 0.214 e. The van der Waals surface area contributed by atoms with Crippen LogP contribution in [0.3, 0.4) is 0 Å². The molecule has 1 aromatic heterocycles. The van der Waals surface area contributed by atoms with Gasteiger partial charge in [-0.2, -0.15) is 0 Å². The van der Waals surface area contributed by atoms with Crippen molar-refractivity contribution in [1.29, 1.82) is 0 Å². The van der Waals surface area contributed by atoms with Gasteiger partial charge in [0, 0.05) is 28.6 Å². The first kappa shape index (κ1) is 14.0. The van der Waals surface area contributed by atoms with Crippen LogP contribution in [0, 0.1) is 13.8 Å². The molecule has 1 aromatic rings. The fourth-order valence-electron chi connectivity index (χ4n) is 3.32. The van der Waals surface area contributed by atoms with Crippen molar-refractivity contribution in [1.82, 2.24) is 0 Å². The molecule has 1 spiro atoms. The second-order valence-electron chi connectivity index (χ2n) is 5.65. The molecule has 0 N–H and O–H groups in total. The van der Waals surface area contributed by atoms with Crippen LogP contribution in [0.2, 0.25) is 0 Å². The normalized spacial score (nSPS) is 22.3. The highest BCUT2D eigenvalue weighted by Crippen LogP contribution is 2.39. The smallest absolute Gasteiger partial charge is 0.214 e. The molecule has 5 heteroatoms. The molecule has 1 saturated carbocycles. The van der Waals surface area contributed by atoms with Crippen LogP contribution >= 0.6 is 11.3 Å². The van der Waals surface area contributed by atoms with Gasteiger partial charge in [0.15, 0.2) is 5.79 Å². The lowest BCUT2D eigenvalue weighted by Gasteiger charge is -2.39. The second-order valence-corrected chi connectivity index (χ2v) is 7.11. The van der Waals surface area contributed by atoms with E-state index in [1.807, 2.05) is 4.90 Å². The molecule has 110 valence electrons. The molecule has 1 aliphatic heterocycles. The van der Waals surface area contributed by atoms with E-state index < -0.39 is 0 Å². The maximum absolute atomic E-state index is 11.5. The van der Waals surface area contributed by atoms with E-state index in [-0.39, 0.29) is 11.8 Å². The minimum atomic E-state index is -0.356. The van der Waals surface area contributed by atoms with Crippen molar-refractivity contribution in [2.24, 2.45) is 0 Å². The number of anilines is 1. The summed E-state index contributed by atoms with van der Waals surface area (Å²) in [6.45, 7) is 5.56. The van der Waals surface area contributed by atoms with Gasteiger partial charge in [0.2, 0.25) is 6.41 Å². The van der Waals surface area contributed by atoms with Gasteiger partial charge in [0.1, 0.15) is 0 Å². The van der Waals surface area contributed by atoms with Crippen LogP contribution < -0.4 is 4.90 Å². The average Bonchev–Trinajstić information content (AvgIpc) is 3.01. The number of thiophene rings is 1. The van der Waals surface area contributed by atoms with Gasteiger partial charge >= 0.3 is 0 Å². The lowest BCUT2D eigenvalue weighted by Crippen LogP contribution is -2.44. The highest BCUT2D eigenvalue weighted by atomic mass is 32.1. The van der Waals surface area contributed by atoms with Crippen LogP contribution in [-0.2, 0) is 14.3 Å². The van der Waals surface area contributed by atoms with E-state index in [0.717, 1.165) is 37.8 Å². The number of carbonyl (C=O) groups excluding carboxylic acids is 1. The Morgan fingerprint density at radius 3 is 2.45 bits per heavy atom. The lowest BCUT2D eigenvalue weighted by molar-refractivity contribution is -0.178. The summed E-state index contributed by atoms with van der Waals surface area (Å²) in [5.74, 6) is -0.356. The third kappa shape index (κ3) is 2.50. The van der Waals surface area contributed by atoms with Crippen LogP contribution in [0.25, 0.3) is 0 Å². The van der Waals surface area contributed by atoms with Crippen molar-refractivity contribution in [2.45, 2.75) is 51.4 Å². The summed E-state index contributed by atoms with van der Waals surface area (Å²) >= 11 is 1.75. The summed E-state index contributed by atoms with van der Waals surface area (Å²) in [6.07, 6.45) is 4.61. The SMILES string of the molecule is Cc1cc(N(C=O)C2CCC3(CC2)OCCO3)c(C)s1. The Balaban J connectivity index is 1.72.